The molecule has 0 aliphatic carbocycles. The Labute approximate surface area is 183 Å². The van der Waals surface area contributed by atoms with Crippen molar-refractivity contribution in [2.45, 2.75) is 6.04 Å². The van der Waals surface area contributed by atoms with Gasteiger partial charge in [0, 0.05) is 47.3 Å². The zero-order valence-corrected chi connectivity index (χ0v) is 16.9. The highest BCUT2D eigenvalue weighted by Gasteiger charge is 2.39. The number of para-hydroxylation sites is 1. The van der Waals surface area contributed by atoms with Gasteiger partial charge in [-0.3, -0.25) is 19.9 Å². The maximum atomic E-state index is 4.72. The van der Waals surface area contributed by atoms with Gasteiger partial charge >= 0.3 is 0 Å². The summed E-state index contributed by atoms with van der Waals surface area (Å²) in [6.07, 6.45) is 12.9. The molecule has 7 heteroatoms. The van der Waals surface area contributed by atoms with Gasteiger partial charge in [0.25, 0.3) is 0 Å². The fourth-order valence-corrected chi connectivity index (χ4v) is 4.86. The topological polar surface area (TPSA) is 71.8 Å². The molecule has 0 amide bonds. The van der Waals surface area contributed by atoms with Crippen molar-refractivity contribution in [1.82, 2.24) is 29.8 Å². The van der Waals surface area contributed by atoms with Crippen LogP contribution in [0.1, 0.15) is 11.7 Å². The lowest BCUT2D eigenvalue weighted by Crippen LogP contribution is -2.42. The summed E-state index contributed by atoms with van der Waals surface area (Å²) in [6.45, 7) is 0. The molecule has 6 heterocycles. The Morgan fingerprint density at radius 3 is 2.59 bits per heavy atom. The molecular formula is C25H17N7. The minimum Gasteiger partial charge on any atom is -0.376 e. The van der Waals surface area contributed by atoms with E-state index in [0.29, 0.717) is 0 Å². The SMILES string of the molecule is C1=c2c(c3ccncc3n2-c2ccccc2)=C2C(N1)c1ncccc1N2c1cnccn1. The Morgan fingerprint density at radius 2 is 1.72 bits per heavy atom. The van der Waals surface area contributed by atoms with E-state index < -0.39 is 0 Å². The van der Waals surface area contributed by atoms with Crippen molar-refractivity contribution in [2.24, 2.45) is 0 Å². The third-order valence-electron chi connectivity index (χ3n) is 6.09. The van der Waals surface area contributed by atoms with Crippen molar-refractivity contribution in [3.8, 4) is 5.69 Å². The van der Waals surface area contributed by atoms with Crippen LogP contribution in [0.25, 0.3) is 28.5 Å². The van der Waals surface area contributed by atoms with Crippen LogP contribution in [0.15, 0.2) is 85.7 Å². The number of pyridine rings is 2. The molecule has 2 aliphatic rings. The number of hydrogen-bond acceptors (Lipinski definition) is 6. The van der Waals surface area contributed by atoms with Crippen molar-refractivity contribution < 1.29 is 0 Å². The molecule has 0 spiro atoms. The fraction of sp³-hybridized carbons (Fsp3) is 0.0400. The lowest BCUT2D eigenvalue weighted by Gasteiger charge is -2.23. The first-order chi connectivity index (χ1) is 15.9. The third-order valence-corrected chi connectivity index (χ3v) is 6.09. The highest BCUT2D eigenvalue weighted by molar-refractivity contribution is 5.94. The zero-order chi connectivity index (χ0) is 21.1. The summed E-state index contributed by atoms with van der Waals surface area (Å²) < 4.78 is 2.25. The van der Waals surface area contributed by atoms with E-state index >= 15 is 0 Å². The highest BCUT2D eigenvalue weighted by atomic mass is 15.3. The highest BCUT2D eigenvalue weighted by Crippen LogP contribution is 2.45. The van der Waals surface area contributed by atoms with Crippen LogP contribution in [0.5, 0.6) is 0 Å². The second-order valence-corrected chi connectivity index (χ2v) is 7.76. The summed E-state index contributed by atoms with van der Waals surface area (Å²) in [6, 6.07) is 16.4. The van der Waals surface area contributed by atoms with Crippen LogP contribution in [0.2, 0.25) is 0 Å². The van der Waals surface area contributed by atoms with Gasteiger partial charge in [0.15, 0.2) is 5.82 Å². The molecule has 32 heavy (non-hydrogen) atoms. The number of nitrogens with one attached hydrogen (secondary N) is 1. The van der Waals surface area contributed by atoms with E-state index in [-0.39, 0.29) is 6.04 Å². The second-order valence-electron chi connectivity index (χ2n) is 7.76. The molecule has 7 nitrogen and oxygen atoms in total. The van der Waals surface area contributed by atoms with Gasteiger partial charge in [-0.2, -0.15) is 0 Å². The van der Waals surface area contributed by atoms with Gasteiger partial charge in [-0.25, -0.2) is 4.98 Å². The van der Waals surface area contributed by atoms with Crippen LogP contribution < -0.4 is 20.8 Å². The first-order valence-corrected chi connectivity index (χ1v) is 10.4. The Balaban J connectivity index is 1.66. The van der Waals surface area contributed by atoms with Crippen LogP contribution >= 0.6 is 0 Å². The zero-order valence-electron chi connectivity index (χ0n) is 16.9. The summed E-state index contributed by atoms with van der Waals surface area (Å²) in [7, 11) is 0. The molecule has 1 unspecified atom stereocenters. The second kappa shape index (κ2) is 6.49. The Hall–Kier alpha value is -4.52. The van der Waals surface area contributed by atoms with E-state index in [1.165, 1.54) is 0 Å². The van der Waals surface area contributed by atoms with E-state index in [9.17, 15) is 0 Å². The molecule has 0 saturated carbocycles. The normalized spacial score (nSPS) is 16.2. The minimum atomic E-state index is -0.0799. The van der Waals surface area contributed by atoms with Gasteiger partial charge in [0.05, 0.1) is 40.3 Å². The van der Waals surface area contributed by atoms with Crippen LogP contribution in [0.3, 0.4) is 0 Å². The molecular weight excluding hydrogens is 398 g/mol. The summed E-state index contributed by atoms with van der Waals surface area (Å²) in [4.78, 5) is 20.3. The molecule has 4 aromatic heterocycles. The van der Waals surface area contributed by atoms with Gasteiger partial charge in [0.2, 0.25) is 0 Å². The summed E-state index contributed by atoms with van der Waals surface area (Å²) in [5.74, 6) is 0.767. The number of benzene rings is 1. The van der Waals surface area contributed by atoms with Gasteiger partial charge in [-0.15, -0.1) is 0 Å². The molecule has 7 rings (SSSR count). The molecule has 2 aliphatic heterocycles. The standard InChI is InChI=1S/C25H17N7/c1-2-5-16(6-3-1)31-19-13-26-10-8-17(19)22-20(31)14-30-24-23-18(7-4-9-29-23)32(25(22)24)21-15-27-11-12-28-21/h1-15,24,30H. The van der Waals surface area contributed by atoms with Crippen molar-refractivity contribution >= 4 is 34.3 Å². The number of aromatic nitrogens is 5. The molecule has 1 aromatic carbocycles. The Morgan fingerprint density at radius 1 is 0.812 bits per heavy atom. The number of nitrogens with zero attached hydrogens (tertiary/aromatic N) is 6. The smallest absolute Gasteiger partial charge is 0.156 e. The van der Waals surface area contributed by atoms with Crippen LogP contribution in [0.4, 0.5) is 11.5 Å². The lowest BCUT2D eigenvalue weighted by atomic mass is 10.1. The fourth-order valence-electron chi connectivity index (χ4n) is 4.86. The predicted octanol–water partition coefficient (Wildman–Crippen LogP) is 2.55. The van der Waals surface area contributed by atoms with E-state index in [1.54, 1.807) is 18.6 Å². The van der Waals surface area contributed by atoms with Crippen molar-refractivity contribution in [3.05, 3.63) is 102 Å². The van der Waals surface area contributed by atoms with E-state index in [2.05, 4.69) is 72.3 Å². The monoisotopic (exact) mass is 415 g/mol. The molecule has 1 N–H and O–H groups in total. The summed E-state index contributed by atoms with van der Waals surface area (Å²) >= 11 is 0. The van der Waals surface area contributed by atoms with Crippen LogP contribution in [0, 0.1) is 0 Å². The van der Waals surface area contributed by atoms with Crippen LogP contribution in [-0.4, -0.2) is 24.5 Å². The Kier molecular flexibility index (Phi) is 3.48. The minimum absolute atomic E-state index is 0.0799. The molecule has 0 fully saturated rings. The lowest BCUT2D eigenvalue weighted by molar-refractivity contribution is 0.772. The largest absolute Gasteiger partial charge is 0.376 e. The molecule has 1 atom stereocenters. The van der Waals surface area contributed by atoms with Crippen molar-refractivity contribution in [3.63, 3.8) is 0 Å². The van der Waals surface area contributed by atoms with E-state index in [0.717, 1.165) is 50.1 Å². The molecule has 0 radical (unpaired) electrons. The maximum Gasteiger partial charge on any atom is 0.156 e. The van der Waals surface area contributed by atoms with Gasteiger partial charge in [-0.1, -0.05) is 18.2 Å². The molecule has 0 bridgehead atoms. The Bertz CT molecular complexity index is 1610. The first kappa shape index (κ1) is 17.2. The number of fused-ring (bicyclic) bond motifs is 6. The quantitative estimate of drug-likeness (QED) is 0.478. The van der Waals surface area contributed by atoms with Crippen molar-refractivity contribution in [1.29, 1.82) is 0 Å². The molecule has 0 saturated heterocycles. The molecule has 5 aromatic rings. The third kappa shape index (κ3) is 2.24. The number of anilines is 2. The van der Waals surface area contributed by atoms with E-state index in [1.807, 2.05) is 30.7 Å². The van der Waals surface area contributed by atoms with Crippen LogP contribution in [-0.2, 0) is 0 Å². The number of rotatable bonds is 2. The predicted molar refractivity (Wildman–Crippen MR) is 122 cm³/mol. The average Bonchev–Trinajstić information content (AvgIpc) is 3.38. The van der Waals surface area contributed by atoms with Gasteiger partial charge in [-0.05, 0) is 30.3 Å². The first-order valence-electron chi connectivity index (χ1n) is 10.4. The molecule has 152 valence electrons. The maximum absolute atomic E-state index is 4.72. The van der Waals surface area contributed by atoms with E-state index in [4.69, 9.17) is 4.98 Å². The summed E-state index contributed by atoms with van der Waals surface area (Å²) in [5, 5.41) is 6.97. The van der Waals surface area contributed by atoms with Crippen molar-refractivity contribution in [2.75, 3.05) is 4.90 Å². The van der Waals surface area contributed by atoms with Gasteiger partial charge in [0.1, 0.15) is 6.04 Å². The van der Waals surface area contributed by atoms with Gasteiger partial charge < -0.3 is 9.88 Å². The average molecular weight is 415 g/mol. The number of hydrogen-bond donors (Lipinski definition) is 1. The summed E-state index contributed by atoms with van der Waals surface area (Å²) in [5.41, 5.74) is 5.23.